The lowest BCUT2D eigenvalue weighted by atomic mass is 9.98. The zero-order chi connectivity index (χ0) is 24.0. The molecule has 0 saturated carbocycles. The summed E-state index contributed by atoms with van der Waals surface area (Å²) in [6.07, 6.45) is 3.18. The van der Waals surface area contributed by atoms with E-state index in [-0.39, 0.29) is 5.78 Å². The molecule has 8 nitrogen and oxygen atoms in total. The number of nitrogens with one attached hydrogen (secondary N) is 1. The van der Waals surface area contributed by atoms with Gasteiger partial charge in [0.1, 0.15) is 5.82 Å². The number of Topliss-reactive ketones (excluding diaryl/α,β-unsaturated/α-hetero) is 1. The highest BCUT2D eigenvalue weighted by atomic mass is 32.1. The number of nitrogens with zero attached hydrogens (tertiary/aromatic N) is 6. The Bertz CT molecular complexity index is 1390. The van der Waals surface area contributed by atoms with E-state index in [2.05, 4.69) is 61.9 Å². The van der Waals surface area contributed by atoms with E-state index in [0.29, 0.717) is 24.6 Å². The molecule has 5 rings (SSSR count). The van der Waals surface area contributed by atoms with Crippen LogP contribution in [0.2, 0.25) is 0 Å². The Labute approximate surface area is 207 Å². The number of H-pyrrole nitrogens is 1. The number of carbonyl (C=O) groups excluding carboxylic acids is 1. The average molecular weight is 484 g/mol. The predicted molar refractivity (Wildman–Crippen MR) is 135 cm³/mol. The van der Waals surface area contributed by atoms with Crippen molar-refractivity contribution < 1.29 is 4.79 Å². The van der Waals surface area contributed by atoms with Crippen LogP contribution >= 0.6 is 11.3 Å². The average Bonchev–Trinajstić information content (AvgIpc) is 3.66. The number of benzene rings is 2. The van der Waals surface area contributed by atoms with Gasteiger partial charge in [0.2, 0.25) is 17.4 Å². The van der Waals surface area contributed by atoms with E-state index in [9.17, 15) is 4.79 Å². The third kappa shape index (κ3) is 5.25. The van der Waals surface area contributed by atoms with E-state index in [0.717, 1.165) is 52.9 Å². The lowest BCUT2D eigenvalue weighted by Gasteiger charge is -2.09. The number of carbonyl (C=O) groups is 1. The number of rotatable bonds is 10. The number of aromatic amines is 1. The molecule has 5 aromatic rings. The quantitative estimate of drug-likeness (QED) is 0.280. The molecule has 1 N–H and O–H groups in total. The molecule has 3 aromatic heterocycles. The smallest absolute Gasteiger partial charge is 0.217 e. The van der Waals surface area contributed by atoms with Gasteiger partial charge in [0.15, 0.2) is 0 Å². The Morgan fingerprint density at radius 3 is 2.57 bits per heavy atom. The second kappa shape index (κ2) is 10.5. The van der Waals surface area contributed by atoms with Crippen molar-refractivity contribution in [3.05, 3.63) is 88.1 Å². The second-order valence-corrected chi connectivity index (χ2v) is 9.10. The molecule has 35 heavy (non-hydrogen) atoms. The summed E-state index contributed by atoms with van der Waals surface area (Å²) in [4.78, 5) is 17.4. The van der Waals surface area contributed by atoms with Gasteiger partial charge in [-0.25, -0.2) is 9.67 Å². The lowest BCUT2D eigenvalue weighted by molar-refractivity contribution is 0.0983. The lowest BCUT2D eigenvalue weighted by Crippen LogP contribution is -2.08. The molecule has 176 valence electrons. The first-order valence-corrected chi connectivity index (χ1v) is 12.6. The SMILES string of the molecule is CCCCc1nc(C(=O)Cc2ccsc2)nn1Cc1ccc(-c2ccccc2-c2nn[nH]n2)cc1. The van der Waals surface area contributed by atoms with Gasteiger partial charge in [-0.15, -0.1) is 15.3 Å². The number of aromatic nitrogens is 7. The summed E-state index contributed by atoms with van der Waals surface area (Å²) in [5, 5.41) is 23.0. The predicted octanol–water partition coefficient (Wildman–Crippen LogP) is 5.00. The van der Waals surface area contributed by atoms with Crippen molar-refractivity contribution in [1.82, 2.24) is 35.4 Å². The van der Waals surface area contributed by atoms with Gasteiger partial charge in [0, 0.05) is 18.4 Å². The maximum Gasteiger partial charge on any atom is 0.217 e. The maximum atomic E-state index is 12.8. The number of unbranched alkanes of at least 4 members (excludes halogenated alkanes) is 1. The molecule has 0 radical (unpaired) electrons. The van der Waals surface area contributed by atoms with Crippen LogP contribution in [-0.4, -0.2) is 41.2 Å². The maximum absolute atomic E-state index is 12.8. The van der Waals surface area contributed by atoms with Gasteiger partial charge in [-0.2, -0.15) is 16.6 Å². The number of aryl methyl sites for hydroxylation is 1. The monoisotopic (exact) mass is 483 g/mol. The van der Waals surface area contributed by atoms with Crippen LogP contribution in [0.15, 0.2) is 65.4 Å². The molecule has 0 bridgehead atoms. The molecule has 3 heterocycles. The first-order valence-electron chi connectivity index (χ1n) is 11.6. The molecule has 9 heteroatoms. The van der Waals surface area contributed by atoms with E-state index >= 15 is 0 Å². The van der Waals surface area contributed by atoms with Gasteiger partial charge >= 0.3 is 0 Å². The van der Waals surface area contributed by atoms with Crippen LogP contribution < -0.4 is 0 Å². The molecular formula is C26H25N7OS. The van der Waals surface area contributed by atoms with Crippen LogP contribution in [0.3, 0.4) is 0 Å². The zero-order valence-electron chi connectivity index (χ0n) is 19.4. The van der Waals surface area contributed by atoms with Crippen molar-refractivity contribution in [2.75, 3.05) is 0 Å². The Balaban J connectivity index is 1.37. The van der Waals surface area contributed by atoms with Crippen molar-refractivity contribution in [2.24, 2.45) is 0 Å². The van der Waals surface area contributed by atoms with Gasteiger partial charge in [0.05, 0.1) is 6.54 Å². The van der Waals surface area contributed by atoms with E-state index in [1.165, 1.54) is 0 Å². The van der Waals surface area contributed by atoms with Crippen LogP contribution in [0, 0.1) is 0 Å². The summed E-state index contributed by atoms with van der Waals surface area (Å²) in [6, 6.07) is 18.3. The molecule has 0 amide bonds. The van der Waals surface area contributed by atoms with Gasteiger partial charge in [-0.3, -0.25) is 4.79 Å². The Hall–Kier alpha value is -3.98. The van der Waals surface area contributed by atoms with Crippen LogP contribution in [-0.2, 0) is 19.4 Å². The number of ketones is 1. The summed E-state index contributed by atoms with van der Waals surface area (Å²) in [5.41, 5.74) is 5.10. The molecule has 0 fully saturated rings. The zero-order valence-corrected chi connectivity index (χ0v) is 20.2. The number of hydrogen-bond acceptors (Lipinski definition) is 7. The van der Waals surface area contributed by atoms with Gasteiger partial charge in [-0.1, -0.05) is 61.9 Å². The molecule has 0 unspecified atom stereocenters. The topological polar surface area (TPSA) is 102 Å². The minimum atomic E-state index is -0.0479. The van der Waals surface area contributed by atoms with Gasteiger partial charge in [-0.05, 0) is 50.7 Å². The van der Waals surface area contributed by atoms with Crippen molar-refractivity contribution in [3.63, 3.8) is 0 Å². The Morgan fingerprint density at radius 2 is 1.86 bits per heavy atom. The van der Waals surface area contributed by atoms with E-state index in [1.54, 1.807) is 11.3 Å². The fourth-order valence-electron chi connectivity index (χ4n) is 3.97. The highest BCUT2D eigenvalue weighted by Crippen LogP contribution is 2.29. The fourth-order valence-corrected chi connectivity index (χ4v) is 4.63. The van der Waals surface area contributed by atoms with Crippen LogP contribution in [0.25, 0.3) is 22.5 Å². The first-order chi connectivity index (χ1) is 17.2. The molecule has 0 aliphatic carbocycles. The third-order valence-electron chi connectivity index (χ3n) is 5.81. The second-order valence-electron chi connectivity index (χ2n) is 8.32. The standard InChI is InChI=1S/C26H25N7OS/c1-2-3-8-24-27-26(23(34)15-19-13-14-35-17-19)30-33(24)16-18-9-11-20(12-10-18)21-6-4-5-7-22(21)25-28-31-32-29-25/h4-7,9-14,17H,2-3,8,15-16H2,1H3,(H,28,29,31,32). The van der Waals surface area contributed by atoms with Crippen LogP contribution in [0.1, 0.15) is 47.3 Å². The third-order valence-corrected chi connectivity index (χ3v) is 6.54. The molecule has 0 atom stereocenters. The summed E-state index contributed by atoms with van der Waals surface area (Å²) >= 11 is 1.59. The molecule has 0 saturated heterocycles. The number of hydrogen-bond donors (Lipinski definition) is 1. The summed E-state index contributed by atoms with van der Waals surface area (Å²) in [7, 11) is 0. The Morgan fingerprint density at radius 1 is 1.03 bits per heavy atom. The van der Waals surface area contributed by atoms with Crippen molar-refractivity contribution in [1.29, 1.82) is 0 Å². The van der Waals surface area contributed by atoms with Crippen LogP contribution in [0.5, 0.6) is 0 Å². The molecule has 0 aliphatic heterocycles. The van der Waals surface area contributed by atoms with Gasteiger partial charge < -0.3 is 0 Å². The molecule has 2 aromatic carbocycles. The van der Waals surface area contributed by atoms with Crippen molar-refractivity contribution in [2.45, 2.75) is 39.2 Å². The summed E-state index contributed by atoms with van der Waals surface area (Å²) in [5.74, 6) is 1.67. The summed E-state index contributed by atoms with van der Waals surface area (Å²) < 4.78 is 1.87. The summed E-state index contributed by atoms with van der Waals surface area (Å²) in [6.45, 7) is 2.71. The molecule has 0 aliphatic rings. The van der Waals surface area contributed by atoms with E-state index < -0.39 is 0 Å². The van der Waals surface area contributed by atoms with Gasteiger partial charge in [0.25, 0.3) is 0 Å². The fraction of sp³-hybridized carbons (Fsp3) is 0.231. The molecule has 0 spiro atoms. The minimum Gasteiger partial charge on any atom is -0.290 e. The van der Waals surface area contributed by atoms with Crippen LogP contribution in [0.4, 0.5) is 0 Å². The number of tetrazole rings is 1. The minimum absolute atomic E-state index is 0.0479. The van der Waals surface area contributed by atoms with Crippen molar-refractivity contribution >= 4 is 17.1 Å². The largest absolute Gasteiger partial charge is 0.290 e. The normalized spacial score (nSPS) is 11.1. The van der Waals surface area contributed by atoms with E-state index in [4.69, 9.17) is 0 Å². The molecular weight excluding hydrogens is 458 g/mol. The highest BCUT2D eigenvalue weighted by Gasteiger charge is 2.17. The Kier molecular flexibility index (Phi) is 6.85. The van der Waals surface area contributed by atoms with E-state index in [1.807, 2.05) is 45.8 Å². The highest BCUT2D eigenvalue weighted by molar-refractivity contribution is 7.08. The first kappa shape index (κ1) is 22.8. The number of thiophene rings is 1. The van der Waals surface area contributed by atoms with Crippen molar-refractivity contribution in [3.8, 4) is 22.5 Å².